The van der Waals surface area contributed by atoms with Crippen molar-refractivity contribution in [3.63, 3.8) is 0 Å². The third-order valence-corrected chi connectivity index (χ3v) is 4.04. The van der Waals surface area contributed by atoms with E-state index in [0.29, 0.717) is 0 Å². The van der Waals surface area contributed by atoms with Crippen LogP contribution < -0.4 is 5.32 Å². The van der Waals surface area contributed by atoms with Crippen LogP contribution in [0.3, 0.4) is 0 Å². The monoisotopic (exact) mass is 257 g/mol. The van der Waals surface area contributed by atoms with Gasteiger partial charge in [0.15, 0.2) is 0 Å². The second-order valence-corrected chi connectivity index (χ2v) is 4.99. The van der Waals surface area contributed by atoms with Crippen molar-refractivity contribution in [2.24, 2.45) is 0 Å². The Hall–Kier alpha value is -0.120. The van der Waals surface area contributed by atoms with Crippen LogP contribution in [-0.4, -0.2) is 13.1 Å². The summed E-state index contributed by atoms with van der Waals surface area (Å²) in [5.41, 5.74) is 1.57. The maximum Gasteiger partial charge on any atom is 0.0412 e. The van der Waals surface area contributed by atoms with Crippen molar-refractivity contribution in [3.8, 4) is 0 Å². The van der Waals surface area contributed by atoms with E-state index in [1.165, 1.54) is 22.2 Å². The highest BCUT2D eigenvalue weighted by Gasteiger charge is 2.05. The molecule has 3 heteroatoms. The van der Waals surface area contributed by atoms with E-state index in [1.807, 2.05) is 0 Å². The van der Waals surface area contributed by atoms with Crippen LogP contribution in [0.15, 0.2) is 21.5 Å². The normalized spacial score (nSPS) is 17.5. The molecular formula is C10H12BrNS. The Morgan fingerprint density at radius 1 is 1.38 bits per heavy atom. The van der Waals surface area contributed by atoms with Crippen molar-refractivity contribution in [1.29, 1.82) is 0 Å². The minimum absolute atomic E-state index is 1.13. The molecule has 1 saturated heterocycles. The molecule has 1 aromatic rings. The Morgan fingerprint density at radius 3 is 2.77 bits per heavy atom. The Balaban J connectivity index is 2.14. The van der Waals surface area contributed by atoms with Gasteiger partial charge in [-0.15, -0.1) is 11.3 Å². The average molecular weight is 258 g/mol. The second-order valence-electron chi connectivity index (χ2n) is 3.19. The van der Waals surface area contributed by atoms with Gasteiger partial charge in [0.1, 0.15) is 0 Å². The van der Waals surface area contributed by atoms with Crippen LogP contribution in [0.1, 0.15) is 17.7 Å². The van der Waals surface area contributed by atoms with E-state index >= 15 is 0 Å². The van der Waals surface area contributed by atoms with Gasteiger partial charge in [-0.2, -0.15) is 0 Å². The highest BCUT2D eigenvalue weighted by Crippen LogP contribution is 2.26. The molecule has 0 atom stereocenters. The lowest BCUT2D eigenvalue weighted by Crippen LogP contribution is -2.22. The summed E-state index contributed by atoms with van der Waals surface area (Å²) in [6.45, 7) is 2.27. The summed E-state index contributed by atoms with van der Waals surface area (Å²) in [6, 6.07) is 2.11. The Morgan fingerprint density at radius 2 is 2.15 bits per heavy atom. The zero-order valence-corrected chi connectivity index (χ0v) is 9.75. The van der Waals surface area contributed by atoms with Gasteiger partial charge >= 0.3 is 0 Å². The predicted molar refractivity (Wildman–Crippen MR) is 62.1 cm³/mol. The van der Waals surface area contributed by atoms with Crippen LogP contribution in [0.4, 0.5) is 0 Å². The van der Waals surface area contributed by atoms with Crippen molar-refractivity contribution in [3.05, 3.63) is 26.4 Å². The number of halogens is 1. The van der Waals surface area contributed by atoms with Crippen LogP contribution in [0.2, 0.25) is 0 Å². The molecule has 2 rings (SSSR count). The summed E-state index contributed by atoms with van der Waals surface area (Å²) < 4.78 is 1.23. The van der Waals surface area contributed by atoms with Gasteiger partial charge in [0.05, 0.1) is 0 Å². The fourth-order valence-corrected chi connectivity index (χ4v) is 2.95. The molecule has 1 fully saturated rings. The number of hydrogen-bond donors (Lipinski definition) is 1. The first-order chi connectivity index (χ1) is 6.36. The quantitative estimate of drug-likeness (QED) is 0.815. The maximum atomic E-state index is 3.54. The van der Waals surface area contributed by atoms with E-state index in [4.69, 9.17) is 0 Å². The van der Waals surface area contributed by atoms with Crippen molar-refractivity contribution in [2.75, 3.05) is 13.1 Å². The lowest BCUT2D eigenvalue weighted by molar-refractivity contribution is 0.613. The lowest BCUT2D eigenvalue weighted by Gasteiger charge is -2.14. The van der Waals surface area contributed by atoms with Gasteiger partial charge in [0.25, 0.3) is 0 Å². The fraction of sp³-hybridized carbons (Fsp3) is 0.400. The van der Waals surface area contributed by atoms with Crippen molar-refractivity contribution >= 4 is 33.3 Å². The van der Waals surface area contributed by atoms with Crippen LogP contribution >= 0.6 is 27.3 Å². The molecule has 1 nitrogen and oxygen atoms in total. The molecule has 1 aromatic heterocycles. The summed E-state index contributed by atoms with van der Waals surface area (Å²) in [6.07, 6.45) is 4.73. The van der Waals surface area contributed by atoms with E-state index in [0.717, 1.165) is 13.1 Å². The van der Waals surface area contributed by atoms with E-state index in [9.17, 15) is 0 Å². The topological polar surface area (TPSA) is 12.0 Å². The molecule has 0 unspecified atom stereocenters. The van der Waals surface area contributed by atoms with Crippen LogP contribution in [0.5, 0.6) is 0 Å². The van der Waals surface area contributed by atoms with Crippen molar-refractivity contribution in [2.45, 2.75) is 12.8 Å². The average Bonchev–Trinajstić information content (AvgIpc) is 2.54. The molecule has 1 aliphatic rings. The Labute approximate surface area is 91.0 Å². The first-order valence-electron chi connectivity index (χ1n) is 4.49. The zero-order chi connectivity index (χ0) is 9.10. The summed E-state index contributed by atoms with van der Waals surface area (Å²) in [7, 11) is 0. The molecule has 0 amide bonds. The van der Waals surface area contributed by atoms with Gasteiger partial charge in [-0.25, -0.2) is 0 Å². The maximum absolute atomic E-state index is 3.54. The third-order valence-electron chi connectivity index (χ3n) is 2.23. The van der Waals surface area contributed by atoms with E-state index in [-0.39, 0.29) is 0 Å². The van der Waals surface area contributed by atoms with Crippen molar-refractivity contribution < 1.29 is 0 Å². The molecule has 70 valence electrons. The molecule has 0 aromatic carbocycles. The standard InChI is InChI=1S/C10H12BrNS/c11-9-3-6-13-10(9)7-8-1-4-12-5-2-8/h3,6-7,12H,1-2,4-5H2. The number of piperidine rings is 1. The minimum Gasteiger partial charge on any atom is -0.316 e. The third kappa shape index (κ3) is 2.42. The smallest absolute Gasteiger partial charge is 0.0412 e. The van der Waals surface area contributed by atoms with Gasteiger partial charge in [-0.1, -0.05) is 5.57 Å². The molecule has 0 bridgehead atoms. The first-order valence-corrected chi connectivity index (χ1v) is 6.17. The first kappa shape index (κ1) is 9.44. The molecule has 2 heterocycles. The molecule has 0 radical (unpaired) electrons. The van der Waals surface area contributed by atoms with E-state index < -0.39 is 0 Å². The highest BCUT2D eigenvalue weighted by molar-refractivity contribution is 9.10. The SMILES string of the molecule is Brc1ccsc1C=C1CCNCC1. The predicted octanol–water partition coefficient (Wildman–Crippen LogP) is 3.28. The van der Waals surface area contributed by atoms with Crippen LogP contribution in [0, 0.1) is 0 Å². The molecule has 0 spiro atoms. The van der Waals surface area contributed by atoms with E-state index in [2.05, 4.69) is 38.8 Å². The summed E-state index contributed by atoms with van der Waals surface area (Å²) >= 11 is 5.34. The Bertz CT molecular complexity index is 308. The van der Waals surface area contributed by atoms with Gasteiger partial charge < -0.3 is 5.32 Å². The summed E-state index contributed by atoms with van der Waals surface area (Å²) in [4.78, 5) is 1.36. The Kier molecular flexibility index (Phi) is 3.19. The summed E-state index contributed by atoms with van der Waals surface area (Å²) in [5.74, 6) is 0. The van der Waals surface area contributed by atoms with Gasteiger partial charge in [-0.3, -0.25) is 0 Å². The molecule has 1 N–H and O–H groups in total. The van der Waals surface area contributed by atoms with Gasteiger partial charge in [0.2, 0.25) is 0 Å². The molecule has 13 heavy (non-hydrogen) atoms. The fourth-order valence-electron chi connectivity index (χ4n) is 1.49. The van der Waals surface area contributed by atoms with Crippen LogP contribution in [-0.2, 0) is 0 Å². The van der Waals surface area contributed by atoms with E-state index in [1.54, 1.807) is 16.9 Å². The zero-order valence-electron chi connectivity index (χ0n) is 7.35. The van der Waals surface area contributed by atoms with Crippen molar-refractivity contribution in [1.82, 2.24) is 5.32 Å². The molecular weight excluding hydrogens is 246 g/mol. The number of thiophene rings is 1. The summed E-state index contributed by atoms with van der Waals surface area (Å²) in [5, 5.41) is 5.48. The van der Waals surface area contributed by atoms with Gasteiger partial charge in [-0.05, 0) is 59.4 Å². The minimum atomic E-state index is 1.13. The number of rotatable bonds is 1. The number of hydrogen-bond acceptors (Lipinski definition) is 2. The largest absolute Gasteiger partial charge is 0.316 e. The van der Waals surface area contributed by atoms with Crippen LogP contribution in [0.25, 0.3) is 6.08 Å². The lowest BCUT2D eigenvalue weighted by atomic mass is 10.1. The highest BCUT2D eigenvalue weighted by atomic mass is 79.9. The molecule has 0 saturated carbocycles. The molecule has 1 aliphatic heterocycles. The molecule has 0 aliphatic carbocycles. The second kappa shape index (κ2) is 4.40. The van der Waals surface area contributed by atoms with Gasteiger partial charge in [0, 0.05) is 9.35 Å². The number of nitrogens with one attached hydrogen (secondary N) is 1.